The highest BCUT2D eigenvalue weighted by Crippen LogP contribution is 2.62. The summed E-state index contributed by atoms with van der Waals surface area (Å²) in [5.41, 5.74) is 8.35. The molecule has 0 unspecified atom stereocenters. The molecule has 1 saturated carbocycles. The van der Waals surface area contributed by atoms with E-state index in [9.17, 15) is 5.26 Å². The standard InChI is InChI=1S/C26H29N3O3/c1-16-12-25(7-6-23(16)31-3)13-19-5-4-18(11-22(19)26(25)15-32-24(28)29-26)20-8-17(14-27)9-21(10-20)30-2/h4-5,8-11,16,23H,6-7,12-13,15H2,1-3H3,(H2,28,29)/t16-,23-,25-,26-/m1/s1/i15D2. The molecule has 4 atom stereocenters. The Hall–Kier alpha value is -3.04. The van der Waals surface area contributed by atoms with Crippen LogP contribution in [-0.4, -0.2) is 32.9 Å². The molecular formula is C26H29N3O3. The van der Waals surface area contributed by atoms with E-state index in [4.69, 9.17) is 27.7 Å². The largest absolute Gasteiger partial charge is 0.497 e. The van der Waals surface area contributed by atoms with Crippen LogP contribution in [0.1, 0.15) is 45.6 Å². The zero-order valence-electron chi connectivity index (χ0n) is 20.6. The summed E-state index contributed by atoms with van der Waals surface area (Å²) < 4.78 is 34.6. The number of hydrogen-bond donors (Lipinski definition) is 1. The zero-order valence-corrected chi connectivity index (χ0v) is 18.6. The fourth-order valence-electron chi connectivity index (χ4n) is 6.04. The van der Waals surface area contributed by atoms with Crippen molar-refractivity contribution in [2.45, 2.75) is 44.2 Å². The normalized spacial score (nSPS) is 33.1. The van der Waals surface area contributed by atoms with E-state index in [1.807, 2.05) is 24.3 Å². The molecule has 6 heteroatoms. The highest BCUT2D eigenvalue weighted by molar-refractivity contribution is 5.76. The SMILES string of the molecule is [2H]C1([2H])OC(N)=N[C@@]12c1cc(-c3cc(C#N)cc(OC)c3)ccc1C[C@]21CC[C@@H](OC)[C@H](C)C1. The summed E-state index contributed by atoms with van der Waals surface area (Å²) in [5.74, 6) is 0.836. The van der Waals surface area contributed by atoms with Gasteiger partial charge in [-0.2, -0.15) is 5.26 Å². The Kier molecular flexibility index (Phi) is 4.36. The van der Waals surface area contributed by atoms with E-state index in [0.717, 1.165) is 41.5 Å². The van der Waals surface area contributed by atoms with Crippen LogP contribution in [0.25, 0.3) is 11.1 Å². The lowest BCUT2D eigenvalue weighted by molar-refractivity contribution is -0.0445. The van der Waals surface area contributed by atoms with Crippen LogP contribution in [0.4, 0.5) is 0 Å². The van der Waals surface area contributed by atoms with Gasteiger partial charge in [-0.25, -0.2) is 4.99 Å². The summed E-state index contributed by atoms with van der Waals surface area (Å²) in [7, 11) is 3.31. The fourth-order valence-corrected chi connectivity index (χ4v) is 6.04. The van der Waals surface area contributed by atoms with Crippen molar-refractivity contribution in [3.8, 4) is 22.9 Å². The lowest BCUT2D eigenvalue weighted by Gasteiger charge is -2.47. The first kappa shape index (κ1) is 18.5. The lowest BCUT2D eigenvalue weighted by Crippen LogP contribution is -2.48. The van der Waals surface area contributed by atoms with Gasteiger partial charge in [0.25, 0.3) is 6.02 Å². The molecule has 1 fully saturated rings. The first-order chi connectivity index (χ1) is 16.2. The van der Waals surface area contributed by atoms with Crippen LogP contribution in [0, 0.1) is 22.7 Å². The van der Waals surface area contributed by atoms with E-state index < -0.39 is 17.5 Å². The number of methoxy groups -OCH3 is 2. The molecule has 2 aromatic rings. The summed E-state index contributed by atoms with van der Waals surface area (Å²) in [6, 6.07) is 13.5. The second kappa shape index (κ2) is 7.53. The van der Waals surface area contributed by atoms with Gasteiger partial charge in [0.15, 0.2) is 0 Å². The molecule has 0 aromatic heterocycles. The third-order valence-corrected chi connectivity index (χ3v) is 7.54. The molecule has 2 spiro atoms. The van der Waals surface area contributed by atoms with Crippen LogP contribution in [0.5, 0.6) is 5.75 Å². The van der Waals surface area contributed by atoms with Crippen molar-refractivity contribution < 1.29 is 17.0 Å². The number of fused-ring (bicyclic) bond motifs is 3. The van der Waals surface area contributed by atoms with Gasteiger partial charge in [0.1, 0.15) is 17.8 Å². The summed E-state index contributed by atoms with van der Waals surface area (Å²) in [4.78, 5) is 4.76. The van der Waals surface area contributed by atoms with Crippen LogP contribution in [0.3, 0.4) is 0 Å². The highest BCUT2D eigenvalue weighted by atomic mass is 16.5. The fraction of sp³-hybridized carbons (Fsp3) is 0.462. The third-order valence-electron chi connectivity index (χ3n) is 7.54. The maximum absolute atomic E-state index is 9.47. The van der Waals surface area contributed by atoms with Crippen LogP contribution >= 0.6 is 0 Å². The number of benzene rings is 2. The maximum atomic E-state index is 9.47. The minimum absolute atomic E-state index is 0.114. The average molecular weight is 434 g/mol. The summed E-state index contributed by atoms with van der Waals surface area (Å²) in [6.45, 7) is 0.0715. The van der Waals surface area contributed by atoms with Gasteiger partial charge < -0.3 is 19.9 Å². The molecule has 5 rings (SSSR count). The van der Waals surface area contributed by atoms with Crippen LogP contribution in [0.2, 0.25) is 0 Å². The minimum Gasteiger partial charge on any atom is -0.497 e. The monoisotopic (exact) mass is 433 g/mol. The van der Waals surface area contributed by atoms with Gasteiger partial charge in [0.05, 0.1) is 27.6 Å². The molecule has 0 radical (unpaired) electrons. The number of ether oxygens (including phenoxy) is 3. The Bertz CT molecular complexity index is 1220. The zero-order chi connectivity index (χ0) is 24.3. The van der Waals surface area contributed by atoms with Gasteiger partial charge in [-0.15, -0.1) is 0 Å². The predicted molar refractivity (Wildman–Crippen MR) is 122 cm³/mol. The number of aliphatic imine (C=N–C) groups is 1. The van der Waals surface area contributed by atoms with Gasteiger partial charge in [-0.1, -0.05) is 19.1 Å². The quantitative estimate of drug-likeness (QED) is 0.785. The van der Waals surface area contributed by atoms with Crippen molar-refractivity contribution in [2.24, 2.45) is 22.1 Å². The van der Waals surface area contributed by atoms with Gasteiger partial charge in [-0.05, 0) is 78.1 Å². The van der Waals surface area contributed by atoms with Crippen molar-refractivity contribution in [3.63, 3.8) is 0 Å². The lowest BCUT2D eigenvalue weighted by atomic mass is 9.59. The molecular weight excluding hydrogens is 402 g/mol. The van der Waals surface area contributed by atoms with Gasteiger partial charge in [0, 0.05) is 12.5 Å². The number of hydrogen-bond acceptors (Lipinski definition) is 6. The third kappa shape index (κ3) is 2.99. The van der Waals surface area contributed by atoms with E-state index in [1.165, 1.54) is 0 Å². The second-order valence-electron chi connectivity index (χ2n) is 9.25. The molecule has 2 aliphatic carbocycles. The van der Waals surface area contributed by atoms with Crippen LogP contribution in [0.15, 0.2) is 41.4 Å². The minimum atomic E-state index is -2.09. The molecule has 32 heavy (non-hydrogen) atoms. The number of amidine groups is 1. The topological polar surface area (TPSA) is 89.9 Å². The van der Waals surface area contributed by atoms with Crippen LogP contribution in [-0.2, 0) is 21.4 Å². The van der Waals surface area contributed by atoms with Crippen molar-refractivity contribution in [2.75, 3.05) is 20.8 Å². The average Bonchev–Trinajstić information content (AvgIpc) is 3.22. The molecule has 2 N–H and O–H groups in total. The van der Waals surface area contributed by atoms with E-state index in [-0.39, 0.29) is 18.0 Å². The van der Waals surface area contributed by atoms with Crippen molar-refractivity contribution >= 4 is 6.02 Å². The Labute approximate surface area is 191 Å². The molecule has 0 bridgehead atoms. The summed E-state index contributed by atoms with van der Waals surface area (Å²) in [6.07, 6.45) is 3.18. The molecule has 6 nitrogen and oxygen atoms in total. The number of rotatable bonds is 3. The number of nitrogens with two attached hydrogens (primary N) is 1. The molecule has 1 aliphatic heterocycles. The van der Waals surface area contributed by atoms with Gasteiger partial charge in [0.2, 0.25) is 0 Å². The first-order valence-corrected chi connectivity index (χ1v) is 11.0. The Morgan fingerprint density at radius 2 is 2.09 bits per heavy atom. The highest BCUT2D eigenvalue weighted by Gasteiger charge is 2.62. The first-order valence-electron chi connectivity index (χ1n) is 12.0. The smallest absolute Gasteiger partial charge is 0.283 e. The van der Waals surface area contributed by atoms with Crippen LogP contribution < -0.4 is 10.5 Å². The number of nitrogens with zero attached hydrogens (tertiary/aromatic N) is 2. The molecule has 166 valence electrons. The van der Waals surface area contributed by atoms with Crippen molar-refractivity contribution in [1.29, 1.82) is 5.26 Å². The molecule has 2 aromatic carbocycles. The van der Waals surface area contributed by atoms with Gasteiger partial charge in [-0.3, -0.25) is 0 Å². The number of nitriles is 1. The Morgan fingerprint density at radius 1 is 1.25 bits per heavy atom. The molecule has 3 aliphatic rings. The second-order valence-corrected chi connectivity index (χ2v) is 9.25. The van der Waals surface area contributed by atoms with Crippen molar-refractivity contribution in [3.05, 3.63) is 53.1 Å². The van der Waals surface area contributed by atoms with E-state index in [1.54, 1.807) is 20.3 Å². The summed E-state index contributed by atoms with van der Waals surface area (Å²) >= 11 is 0. The summed E-state index contributed by atoms with van der Waals surface area (Å²) in [5, 5.41) is 9.47. The predicted octanol–water partition coefficient (Wildman–Crippen LogP) is 4.15. The van der Waals surface area contributed by atoms with E-state index in [2.05, 4.69) is 19.1 Å². The Morgan fingerprint density at radius 3 is 2.75 bits per heavy atom. The van der Waals surface area contributed by atoms with Crippen molar-refractivity contribution in [1.82, 2.24) is 0 Å². The maximum Gasteiger partial charge on any atom is 0.283 e. The molecule has 1 heterocycles. The Balaban J connectivity index is 1.69. The van der Waals surface area contributed by atoms with Gasteiger partial charge >= 0.3 is 0 Å². The van der Waals surface area contributed by atoms with E-state index >= 15 is 0 Å². The molecule has 0 amide bonds. The van der Waals surface area contributed by atoms with E-state index in [0.29, 0.717) is 17.7 Å². The molecule has 0 saturated heterocycles.